The lowest BCUT2D eigenvalue weighted by Crippen LogP contribution is -2.00. The molecule has 2 aromatic rings. The van der Waals surface area contributed by atoms with Crippen LogP contribution < -0.4 is 0 Å². The molecule has 18 heavy (non-hydrogen) atoms. The third-order valence-electron chi connectivity index (χ3n) is 2.92. The smallest absolute Gasteiger partial charge is 0.335 e. The first kappa shape index (κ1) is 12.0. The molecular weight excluding hydrogens is 228 g/mol. The second-order valence-electron chi connectivity index (χ2n) is 4.02. The molecule has 90 valence electrons. The summed E-state index contributed by atoms with van der Waals surface area (Å²) in [7, 11) is 0. The number of rotatable bonds is 3. The quantitative estimate of drug-likeness (QED) is 0.838. The summed E-state index contributed by atoms with van der Waals surface area (Å²) >= 11 is 0. The van der Waals surface area contributed by atoms with Crippen molar-refractivity contribution >= 4 is 12.3 Å². The molecule has 0 saturated carbocycles. The van der Waals surface area contributed by atoms with E-state index in [-0.39, 0.29) is 0 Å². The molecule has 0 aromatic heterocycles. The zero-order chi connectivity index (χ0) is 13.1. The van der Waals surface area contributed by atoms with E-state index in [0.29, 0.717) is 11.1 Å². The Labute approximate surface area is 105 Å². The van der Waals surface area contributed by atoms with E-state index in [1.807, 2.05) is 18.2 Å². The lowest BCUT2D eigenvalue weighted by Gasteiger charge is -2.08. The molecule has 0 saturated heterocycles. The van der Waals surface area contributed by atoms with Crippen LogP contribution in [0.1, 0.15) is 26.3 Å². The topological polar surface area (TPSA) is 54.4 Å². The van der Waals surface area contributed by atoms with E-state index in [4.69, 9.17) is 5.11 Å². The Hall–Kier alpha value is -2.42. The first-order chi connectivity index (χ1) is 8.63. The van der Waals surface area contributed by atoms with Crippen molar-refractivity contribution in [1.29, 1.82) is 0 Å². The van der Waals surface area contributed by atoms with E-state index in [2.05, 4.69) is 0 Å². The summed E-state index contributed by atoms with van der Waals surface area (Å²) in [6, 6.07) is 12.2. The van der Waals surface area contributed by atoms with Gasteiger partial charge in [-0.05, 0) is 29.7 Å². The first-order valence-electron chi connectivity index (χ1n) is 5.52. The van der Waals surface area contributed by atoms with Gasteiger partial charge in [0.15, 0.2) is 0 Å². The van der Waals surface area contributed by atoms with Gasteiger partial charge in [-0.3, -0.25) is 4.79 Å². The molecule has 3 nitrogen and oxygen atoms in total. The maximum Gasteiger partial charge on any atom is 0.335 e. The normalized spacial score (nSPS) is 10.1. The van der Waals surface area contributed by atoms with E-state index >= 15 is 0 Å². The zero-order valence-electron chi connectivity index (χ0n) is 9.88. The molecule has 0 aliphatic heterocycles. The van der Waals surface area contributed by atoms with Gasteiger partial charge in [-0.15, -0.1) is 0 Å². The standard InChI is InChI=1S/C15H12O3/c1-10-13(3-2-4-14(10)15(17)18)12-7-5-11(9-16)6-8-12/h2-9H,1H3,(H,17,18). The Morgan fingerprint density at radius 3 is 2.33 bits per heavy atom. The molecule has 0 heterocycles. The number of aromatic carboxylic acids is 1. The summed E-state index contributed by atoms with van der Waals surface area (Å²) in [5.74, 6) is -0.932. The minimum absolute atomic E-state index is 0.298. The van der Waals surface area contributed by atoms with Crippen molar-refractivity contribution in [3.05, 3.63) is 59.2 Å². The van der Waals surface area contributed by atoms with Gasteiger partial charge in [-0.25, -0.2) is 4.79 Å². The third kappa shape index (κ3) is 2.15. The summed E-state index contributed by atoms with van der Waals surface area (Å²) in [5.41, 5.74) is 3.40. The van der Waals surface area contributed by atoms with Crippen molar-refractivity contribution < 1.29 is 14.7 Å². The molecule has 0 unspecified atom stereocenters. The number of benzene rings is 2. The van der Waals surface area contributed by atoms with Gasteiger partial charge in [0.05, 0.1) is 5.56 Å². The summed E-state index contributed by atoms with van der Waals surface area (Å²) in [5, 5.41) is 9.07. The summed E-state index contributed by atoms with van der Waals surface area (Å²) < 4.78 is 0. The number of carboxylic acid groups (broad SMARTS) is 1. The van der Waals surface area contributed by atoms with E-state index in [1.165, 1.54) is 0 Å². The lowest BCUT2D eigenvalue weighted by atomic mass is 9.96. The fourth-order valence-corrected chi connectivity index (χ4v) is 1.92. The van der Waals surface area contributed by atoms with Crippen LogP contribution in [0.15, 0.2) is 42.5 Å². The summed E-state index contributed by atoms with van der Waals surface area (Å²) in [6.45, 7) is 1.78. The van der Waals surface area contributed by atoms with Crippen LogP contribution in [0.4, 0.5) is 0 Å². The van der Waals surface area contributed by atoms with Gasteiger partial charge in [-0.2, -0.15) is 0 Å². The molecular formula is C15H12O3. The molecule has 0 atom stereocenters. The summed E-state index contributed by atoms with van der Waals surface area (Å²) in [6.07, 6.45) is 0.782. The Morgan fingerprint density at radius 2 is 1.78 bits per heavy atom. The molecule has 0 fully saturated rings. The Bertz CT molecular complexity index is 598. The van der Waals surface area contributed by atoms with E-state index < -0.39 is 5.97 Å². The second kappa shape index (κ2) is 4.84. The zero-order valence-corrected chi connectivity index (χ0v) is 9.88. The SMILES string of the molecule is Cc1c(C(=O)O)cccc1-c1ccc(C=O)cc1. The Kier molecular flexibility index (Phi) is 3.24. The number of hydrogen-bond donors (Lipinski definition) is 1. The molecule has 0 spiro atoms. The average Bonchev–Trinajstić information content (AvgIpc) is 2.39. The highest BCUT2D eigenvalue weighted by Gasteiger charge is 2.10. The van der Waals surface area contributed by atoms with Gasteiger partial charge in [0.2, 0.25) is 0 Å². The number of carboxylic acids is 1. The molecule has 2 aromatic carbocycles. The second-order valence-corrected chi connectivity index (χ2v) is 4.02. The van der Waals surface area contributed by atoms with Gasteiger partial charge < -0.3 is 5.11 Å². The van der Waals surface area contributed by atoms with Crippen molar-refractivity contribution in [2.24, 2.45) is 0 Å². The van der Waals surface area contributed by atoms with Gasteiger partial charge >= 0.3 is 5.97 Å². The molecule has 0 aliphatic rings. The van der Waals surface area contributed by atoms with Crippen LogP contribution in [0.5, 0.6) is 0 Å². The van der Waals surface area contributed by atoms with Crippen molar-refractivity contribution in [2.75, 3.05) is 0 Å². The maximum absolute atomic E-state index is 11.1. The van der Waals surface area contributed by atoms with Crippen molar-refractivity contribution in [1.82, 2.24) is 0 Å². The van der Waals surface area contributed by atoms with E-state index in [1.54, 1.807) is 31.2 Å². The molecule has 0 radical (unpaired) electrons. The highest BCUT2D eigenvalue weighted by molar-refractivity contribution is 5.92. The number of carbonyl (C=O) groups excluding carboxylic acids is 1. The van der Waals surface area contributed by atoms with Gasteiger partial charge in [-0.1, -0.05) is 36.4 Å². The van der Waals surface area contributed by atoms with Crippen LogP contribution in [-0.4, -0.2) is 17.4 Å². The fraction of sp³-hybridized carbons (Fsp3) is 0.0667. The van der Waals surface area contributed by atoms with Crippen LogP contribution >= 0.6 is 0 Å². The van der Waals surface area contributed by atoms with Crippen LogP contribution in [0, 0.1) is 6.92 Å². The largest absolute Gasteiger partial charge is 0.478 e. The Morgan fingerprint density at radius 1 is 1.11 bits per heavy atom. The maximum atomic E-state index is 11.1. The van der Waals surface area contributed by atoms with Gasteiger partial charge in [0, 0.05) is 5.56 Å². The van der Waals surface area contributed by atoms with Gasteiger partial charge in [0.1, 0.15) is 6.29 Å². The fourth-order valence-electron chi connectivity index (χ4n) is 1.92. The number of hydrogen-bond acceptors (Lipinski definition) is 2. The number of carbonyl (C=O) groups is 2. The monoisotopic (exact) mass is 240 g/mol. The average molecular weight is 240 g/mol. The predicted octanol–water partition coefficient (Wildman–Crippen LogP) is 3.17. The van der Waals surface area contributed by atoms with E-state index in [0.717, 1.165) is 23.0 Å². The minimum atomic E-state index is -0.932. The molecule has 0 amide bonds. The first-order valence-corrected chi connectivity index (χ1v) is 5.52. The van der Waals surface area contributed by atoms with Crippen molar-refractivity contribution in [3.8, 4) is 11.1 Å². The molecule has 2 rings (SSSR count). The third-order valence-corrected chi connectivity index (χ3v) is 2.92. The highest BCUT2D eigenvalue weighted by Crippen LogP contribution is 2.25. The molecule has 0 bridgehead atoms. The van der Waals surface area contributed by atoms with Gasteiger partial charge in [0.25, 0.3) is 0 Å². The van der Waals surface area contributed by atoms with Crippen molar-refractivity contribution in [2.45, 2.75) is 6.92 Å². The molecule has 3 heteroatoms. The Balaban J connectivity index is 2.53. The molecule has 0 aliphatic carbocycles. The van der Waals surface area contributed by atoms with Crippen LogP contribution in [0.3, 0.4) is 0 Å². The predicted molar refractivity (Wildman–Crippen MR) is 69.0 cm³/mol. The van der Waals surface area contributed by atoms with Crippen LogP contribution in [-0.2, 0) is 0 Å². The molecule has 1 N–H and O–H groups in total. The summed E-state index contributed by atoms with van der Waals surface area (Å²) in [4.78, 5) is 21.6. The van der Waals surface area contributed by atoms with E-state index in [9.17, 15) is 9.59 Å². The number of aldehydes is 1. The van der Waals surface area contributed by atoms with Crippen LogP contribution in [0.2, 0.25) is 0 Å². The van der Waals surface area contributed by atoms with Crippen molar-refractivity contribution in [3.63, 3.8) is 0 Å². The highest BCUT2D eigenvalue weighted by atomic mass is 16.4. The lowest BCUT2D eigenvalue weighted by molar-refractivity contribution is 0.0696. The van der Waals surface area contributed by atoms with Crippen LogP contribution in [0.25, 0.3) is 11.1 Å². The minimum Gasteiger partial charge on any atom is -0.478 e.